The second-order valence-electron chi connectivity index (χ2n) is 5.69. The molecule has 1 aliphatic rings. The monoisotopic (exact) mass is 330 g/mol. The van der Waals surface area contributed by atoms with E-state index >= 15 is 0 Å². The number of thiophene rings is 1. The first-order valence-electron chi connectivity index (χ1n) is 7.46. The normalized spacial score (nSPS) is 17.8. The predicted octanol–water partition coefficient (Wildman–Crippen LogP) is 3.14. The summed E-state index contributed by atoms with van der Waals surface area (Å²) in [6.07, 6.45) is 3.55. The minimum atomic E-state index is 0.000274. The number of rotatable bonds is 5. The number of hydrogen-bond acceptors (Lipinski definition) is 3. The molecule has 1 fully saturated rings. The highest BCUT2D eigenvalue weighted by Crippen LogP contribution is 2.34. The number of carbonyl (C=O) groups excluding carboxylic acids is 1. The van der Waals surface area contributed by atoms with E-state index in [0.29, 0.717) is 6.54 Å². The molecule has 4 nitrogen and oxygen atoms in total. The van der Waals surface area contributed by atoms with E-state index in [1.807, 2.05) is 17.0 Å². The second kappa shape index (κ2) is 7.47. The van der Waals surface area contributed by atoms with Crippen molar-refractivity contribution in [3.05, 3.63) is 21.3 Å². The molecule has 0 spiro atoms. The van der Waals surface area contributed by atoms with Gasteiger partial charge in [-0.3, -0.25) is 0 Å². The Morgan fingerprint density at radius 1 is 1.48 bits per heavy atom. The minimum absolute atomic E-state index is 0.000274. The van der Waals surface area contributed by atoms with Gasteiger partial charge >= 0.3 is 6.03 Å². The van der Waals surface area contributed by atoms with Crippen molar-refractivity contribution in [3.63, 3.8) is 0 Å². The summed E-state index contributed by atoms with van der Waals surface area (Å²) in [4.78, 5) is 15.1. The molecular formula is C15H23ClN2O2S. The molecule has 0 aliphatic carbocycles. The second-order valence-corrected chi connectivity index (χ2v) is 7.49. The zero-order valence-electron chi connectivity index (χ0n) is 12.4. The summed E-state index contributed by atoms with van der Waals surface area (Å²) < 4.78 is 0.785. The smallest absolute Gasteiger partial charge is 0.317 e. The maximum absolute atomic E-state index is 12.1. The lowest BCUT2D eigenvalue weighted by Gasteiger charge is -2.40. The third kappa shape index (κ3) is 4.34. The number of amides is 2. The molecule has 0 aromatic carbocycles. The van der Waals surface area contributed by atoms with Gasteiger partial charge in [-0.1, -0.05) is 18.5 Å². The summed E-state index contributed by atoms with van der Waals surface area (Å²) in [5.74, 6) is 0. The third-order valence-electron chi connectivity index (χ3n) is 4.47. The van der Waals surface area contributed by atoms with Crippen LogP contribution in [0.5, 0.6) is 0 Å². The molecule has 1 aromatic heterocycles. The van der Waals surface area contributed by atoms with Gasteiger partial charge in [0.2, 0.25) is 0 Å². The SMILES string of the molecule is CCC1(CO)CCN(C(=O)NCCc2ccc(Cl)s2)CC1. The van der Waals surface area contributed by atoms with Crippen LogP contribution < -0.4 is 5.32 Å². The standard InChI is InChI=1S/C15H23ClN2O2S/c1-2-15(11-19)6-9-18(10-7-15)14(20)17-8-5-12-3-4-13(16)21-12/h3-4,19H,2,5-11H2,1H3,(H,17,20). The van der Waals surface area contributed by atoms with E-state index in [4.69, 9.17) is 11.6 Å². The lowest BCUT2D eigenvalue weighted by atomic mass is 9.77. The van der Waals surface area contributed by atoms with Gasteiger partial charge in [0.15, 0.2) is 0 Å². The van der Waals surface area contributed by atoms with Crippen LogP contribution in [-0.2, 0) is 6.42 Å². The molecule has 1 saturated heterocycles. The number of halogens is 1. The number of aliphatic hydroxyl groups excluding tert-OH is 1. The van der Waals surface area contributed by atoms with Crippen LogP contribution in [0.25, 0.3) is 0 Å². The minimum Gasteiger partial charge on any atom is -0.396 e. The molecule has 6 heteroatoms. The number of nitrogens with one attached hydrogen (secondary N) is 1. The highest BCUT2D eigenvalue weighted by molar-refractivity contribution is 7.16. The largest absolute Gasteiger partial charge is 0.396 e. The van der Waals surface area contributed by atoms with E-state index in [1.54, 1.807) is 11.3 Å². The first kappa shape index (κ1) is 16.6. The van der Waals surface area contributed by atoms with Crippen molar-refractivity contribution in [2.45, 2.75) is 32.6 Å². The van der Waals surface area contributed by atoms with Gasteiger partial charge in [-0.2, -0.15) is 0 Å². The number of hydrogen-bond donors (Lipinski definition) is 2. The number of likely N-dealkylation sites (tertiary alicyclic amines) is 1. The molecule has 2 heterocycles. The molecule has 21 heavy (non-hydrogen) atoms. The highest BCUT2D eigenvalue weighted by Gasteiger charge is 2.33. The summed E-state index contributed by atoms with van der Waals surface area (Å²) in [5, 5.41) is 12.5. The van der Waals surface area contributed by atoms with E-state index < -0.39 is 0 Å². The Hall–Kier alpha value is -0.780. The molecule has 2 amide bonds. The van der Waals surface area contributed by atoms with Crippen LogP contribution in [-0.4, -0.2) is 42.3 Å². The molecule has 0 bridgehead atoms. The maximum Gasteiger partial charge on any atom is 0.317 e. The quantitative estimate of drug-likeness (QED) is 0.871. The first-order chi connectivity index (χ1) is 10.1. The van der Waals surface area contributed by atoms with Crippen LogP contribution in [0.4, 0.5) is 4.79 Å². The molecule has 118 valence electrons. The molecule has 0 unspecified atom stereocenters. The van der Waals surface area contributed by atoms with Crippen LogP contribution in [0, 0.1) is 5.41 Å². The molecule has 0 radical (unpaired) electrons. The number of aliphatic hydroxyl groups is 1. The van der Waals surface area contributed by atoms with Gasteiger partial charge < -0.3 is 15.3 Å². The zero-order chi connectivity index (χ0) is 15.3. The molecule has 0 atom stereocenters. The molecule has 1 aromatic rings. The molecule has 2 rings (SSSR count). The van der Waals surface area contributed by atoms with Crippen molar-refractivity contribution in [2.24, 2.45) is 5.41 Å². The van der Waals surface area contributed by atoms with Gasteiger partial charge in [0, 0.05) is 31.1 Å². The van der Waals surface area contributed by atoms with Gasteiger partial charge in [-0.05, 0) is 43.2 Å². The van der Waals surface area contributed by atoms with Gasteiger partial charge in [-0.15, -0.1) is 11.3 Å². The maximum atomic E-state index is 12.1. The Morgan fingerprint density at radius 3 is 2.71 bits per heavy atom. The predicted molar refractivity (Wildman–Crippen MR) is 87.0 cm³/mol. The lowest BCUT2D eigenvalue weighted by molar-refractivity contribution is 0.0520. The summed E-state index contributed by atoms with van der Waals surface area (Å²) in [6.45, 7) is 4.41. The Bertz CT molecular complexity index is 464. The molecular weight excluding hydrogens is 308 g/mol. The Labute approximate surface area is 135 Å². The summed E-state index contributed by atoms with van der Waals surface area (Å²) in [5.41, 5.74) is 0.0184. The Morgan fingerprint density at radius 2 is 2.19 bits per heavy atom. The van der Waals surface area contributed by atoms with Crippen molar-refractivity contribution >= 4 is 29.0 Å². The van der Waals surface area contributed by atoms with E-state index in [1.165, 1.54) is 4.88 Å². The van der Waals surface area contributed by atoms with Crippen molar-refractivity contribution in [1.82, 2.24) is 10.2 Å². The average molecular weight is 331 g/mol. The number of piperidine rings is 1. The number of carbonyl (C=O) groups is 1. The fourth-order valence-electron chi connectivity index (χ4n) is 2.70. The van der Waals surface area contributed by atoms with Crippen molar-refractivity contribution < 1.29 is 9.90 Å². The van der Waals surface area contributed by atoms with Crippen LogP contribution in [0.3, 0.4) is 0 Å². The van der Waals surface area contributed by atoms with Gasteiger partial charge in [0.25, 0.3) is 0 Å². The van der Waals surface area contributed by atoms with Crippen LogP contribution in [0.15, 0.2) is 12.1 Å². The zero-order valence-corrected chi connectivity index (χ0v) is 14.0. The van der Waals surface area contributed by atoms with Gasteiger partial charge in [0.1, 0.15) is 0 Å². The van der Waals surface area contributed by atoms with Crippen molar-refractivity contribution in [3.8, 4) is 0 Å². The summed E-state index contributed by atoms with van der Waals surface area (Å²) >= 11 is 7.43. The molecule has 0 saturated carbocycles. The number of nitrogens with zero attached hydrogens (tertiary/aromatic N) is 1. The Balaban J connectivity index is 1.72. The van der Waals surface area contributed by atoms with E-state index in [2.05, 4.69) is 12.2 Å². The van der Waals surface area contributed by atoms with Crippen molar-refractivity contribution in [1.29, 1.82) is 0 Å². The molecule has 1 aliphatic heterocycles. The van der Waals surface area contributed by atoms with Gasteiger partial charge in [0.05, 0.1) is 4.34 Å². The van der Waals surface area contributed by atoms with E-state index in [0.717, 1.165) is 43.1 Å². The lowest BCUT2D eigenvalue weighted by Crippen LogP contribution is -2.48. The Kier molecular flexibility index (Phi) is 5.90. The van der Waals surface area contributed by atoms with Crippen LogP contribution in [0.2, 0.25) is 4.34 Å². The van der Waals surface area contributed by atoms with Gasteiger partial charge in [-0.25, -0.2) is 4.79 Å². The number of urea groups is 1. The first-order valence-corrected chi connectivity index (χ1v) is 8.66. The summed E-state index contributed by atoms with van der Waals surface area (Å²) in [6, 6.07) is 3.88. The fourth-order valence-corrected chi connectivity index (χ4v) is 3.79. The van der Waals surface area contributed by atoms with E-state index in [-0.39, 0.29) is 18.1 Å². The third-order valence-corrected chi connectivity index (χ3v) is 5.76. The summed E-state index contributed by atoms with van der Waals surface area (Å²) in [7, 11) is 0. The van der Waals surface area contributed by atoms with E-state index in [9.17, 15) is 9.90 Å². The topological polar surface area (TPSA) is 52.6 Å². The van der Waals surface area contributed by atoms with Crippen LogP contribution >= 0.6 is 22.9 Å². The van der Waals surface area contributed by atoms with Crippen LogP contribution in [0.1, 0.15) is 31.1 Å². The fraction of sp³-hybridized carbons (Fsp3) is 0.667. The highest BCUT2D eigenvalue weighted by atomic mass is 35.5. The molecule has 2 N–H and O–H groups in total. The average Bonchev–Trinajstić information content (AvgIpc) is 2.92. The van der Waals surface area contributed by atoms with Crippen molar-refractivity contribution in [2.75, 3.05) is 26.2 Å².